The van der Waals surface area contributed by atoms with Gasteiger partial charge >= 0.3 is 5.69 Å². The van der Waals surface area contributed by atoms with Gasteiger partial charge in [-0.05, 0) is 19.4 Å². The summed E-state index contributed by atoms with van der Waals surface area (Å²) in [6, 6.07) is 8.50. The van der Waals surface area contributed by atoms with Crippen LogP contribution in [0.1, 0.15) is 16.8 Å². The molecule has 1 fully saturated rings. The number of rotatable bonds is 5. The van der Waals surface area contributed by atoms with Crippen molar-refractivity contribution in [1.82, 2.24) is 19.6 Å². The molecule has 0 spiro atoms. The topological polar surface area (TPSA) is 84.5 Å². The minimum absolute atomic E-state index is 0.0393. The molecule has 0 radical (unpaired) electrons. The summed E-state index contributed by atoms with van der Waals surface area (Å²) in [6.07, 6.45) is 1.20. The van der Waals surface area contributed by atoms with Crippen LogP contribution >= 0.6 is 0 Å². The lowest BCUT2D eigenvalue weighted by Gasteiger charge is -2.34. The molecule has 138 valence electrons. The number of benzene rings is 1. The van der Waals surface area contributed by atoms with E-state index in [9.17, 15) is 14.9 Å². The summed E-state index contributed by atoms with van der Waals surface area (Å²) >= 11 is 0. The van der Waals surface area contributed by atoms with Gasteiger partial charge in [0.15, 0.2) is 0 Å². The van der Waals surface area contributed by atoms with Gasteiger partial charge in [-0.1, -0.05) is 29.8 Å². The van der Waals surface area contributed by atoms with Crippen molar-refractivity contribution in [2.24, 2.45) is 0 Å². The van der Waals surface area contributed by atoms with E-state index in [0.29, 0.717) is 18.8 Å². The molecule has 1 aromatic heterocycles. The molecule has 8 nitrogen and oxygen atoms in total. The summed E-state index contributed by atoms with van der Waals surface area (Å²) in [7, 11) is 0. The Morgan fingerprint density at radius 1 is 1.15 bits per heavy atom. The van der Waals surface area contributed by atoms with E-state index in [1.54, 1.807) is 11.8 Å². The van der Waals surface area contributed by atoms with Crippen LogP contribution in [-0.4, -0.2) is 56.6 Å². The van der Waals surface area contributed by atoms with Crippen LogP contribution in [0.15, 0.2) is 30.5 Å². The first-order chi connectivity index (χ1) is 12.4. The molecule has 3 rings (SSSR count). The number of carbonyl (C=O) groups is 1. The molecule has 1 amide bonds. The number of hydrogen-bond donors (Lipinski definition) is 0. The first kappa shape index (κ1) is 18.1. The number of nitro groups is 1. The smallest absolute Gasteiger partial charge is 0.309 e. The highest BCUT2D eigenvalue weighted by Gasteiger charge is 2.23. The summed E-state index contributed by atoms with van der Waals surface area (Å²) in [6.45, 7) is 7.56. The highest BCUT2D eigenvalue weighted by atomic mass is 16.6. The van der Waals surface area contributed by atoms with Gasteiger partial charge in [0.25, 0.3) is 0 Å². The van der Waals surface area contributed by atoms with Crippen molar-refractivity contribution in [3.8, 4) is 0 Å². The summed E-state index contributed by atoms with van der Waals surface area (Å²) < 4.78 is 1.40. The third kappa shape index (κ3) is 4.08. The fraction of sp³-hybridized carbons (Fsp3) is 0.444. The molecule has 0 N–H and O–H groups in total. The number of piperazine rings is 1. The van der Waals surface area contributed by atoms with Crippen molar-refractivity contribution in [2.45, 2.75) is 26.9 Å². The average Bonchev–Trinajstić information content (AvgIpc) is 2.98. The number of amides is 1. The van der Waals surface area contributed by atoms with Crippen LogP contribution in [0.2, 0.25) is 0 Å². The van der Waals surface area contributed by atoms with Crippen LogP contribution in [0.5, 0.6) is 0 Å². The maximum atomic E-state index is 12.5. The molecule has 1 saturated heterocycles. The Kier molecular flexibility index (Phi) is 5.32. The lowest BCUT2D eigenvalue weighted by atomic mass is 10.1. The number of carbonyl (C=O) groups excluding carboxylic acids is 1. The molecule has 1 aliphatic heterocycles. The van der Waals surface area contributed by atoms with E-state index in [0.717, 1.165) is 19.6 Å². The van der Waals surface area contributed by atoms with Crippen molar-refractivity contribution >= 4 is 11.6 Å². The van der Waals surface area contributed by atoms with Gasteiger partial charge in [0.1, 0.15) is 18.4 Å². The Morgan fingerprint density at radius 2 is 1.81 bits per heavy atom. The minimum atomic E-state index is -0.479. The van der Waals surface area contributed by atoms with Crippen molar-refractivity contribution in [3.63, 3.8) is 0 Å². The number of aryl methyl sites for hydroxylation is 1. The Labute approximate surface area is 152 Å². The fourth-order valence-electron chi connectivity index (χ4n) is 3.11. The van der Waals surface area contributed by atoms with Gasteiger partial charge in [0.05, 0.1) is 4.92 Å². The Balaban J connectivity index is 1.52. The SMILES string of the molecule is Cc1ccc(CN2CCN(C(=O)Cn3ncc([N+](=O)[O-])c3C)CC2)cc1. The second-order valence-corrected chi connectivity index (χ2v) is 6.67. The minimum Gasteiger partial charge on any atom is -0.339 e. The van der Waals surface area contributed by atoms with Gasteiger partial charge in [-0.15, -0.1) is 0 Å². The van der Waals surface area contributed by atoms with Crippen LogP contribution in [0, 0.1) is 24.0 Å². The first-order valence-corrected chi connectivity index (χ1v) is 8.66. The molecule has 0 aliphatic carbocycles. The molecule has 2 aromatic rings. The lowest BCUT2D eigenvalue weighted by Crippen LogP contribution is -2.49. The highest BCUT2D eigenvalue weighted by Crippen LogP contribution is 2.16. The van der Waals surface area contributed by atoms with Gasteiger partial charge in [-0.25, -0.2) is 0 Å². The molecule has 2 heterocycles. The van der Waals surface area contributed by atoms with Crippen LogP contribution in [0.4, 0.5) is 5.69 Å². The van der Waals surface area contributed by atoms with Crippen molar-refractivity contribution in [2.75, 3.05) is 26.2 Å². The first-order valence-electron chi connectivity index (χ1n) is 8.66. The largest absolute Gasteiger partial charge is 0.339 e. The zero-order chi connectivity index (χ0) is 18.7. The van der Waals surface area contributed by atoms with Crippen LogP contribution in [0.25, 0.3) is 0 Å². The molecule has 0 saturated carbocycles. The van der Waals surface area contributed by atoms with Gasteiger partial charge in [0.2, 0.25) is 5.91 Å². The van der Waals surface area contributed by atoms with Gasteiger partial charge in [-0.3, -0.25) is 24.5 Å². The van der Waals surface area contributed by atoms with Crippen LogP contribution < -0.4 is 0 Å². The van der Waals surface area contributed by atoms with E-state index in [1.807, 2.05) is 0 Å². The highest BCUT2D eigenvalue weighted by molar-refractivity contribution is 5.76. The summed E-state index contributed by atoms with van der Waals surface area (Å²) in [5.74, 6) is -0.0546. The zero-order valence-corrected chi connectivity index (χ0v) is 15.1. The predicted molar refractivity (Wildman–Crippen MR) is 96.7 cm³/mol. The molecule has 0 atom stereocenters. The summed E-state index contributed by atoms with van der Waals surface area (Å²) in [5, 5.41) is 14.8. The second-order valence-electron chi connectivity index (χ2n) is 6.67. The van der Waals surface area contributed by atoms with E-state index in [-0.39, 0.29) is 18.1 Å². The Hall–Kier alpha value is -2.74. The number of nitrogens with zero attached hydrogens (tertiary/aromatic N) is 5. The zero-order valence-electron chi connectivity index (χ0n) is 15.1. The van der Waals surface area contributed by atoms with Crippen LogP contribution in [-0.2, 0) is 17.9 Å². The average molecular weight is 357 g/mol. The molecular weight excluding hydrogens is 334 g/mol. The van der Waals surface area contributed by atoms with E-state index in [2.05, 4.69) is 41.2 Å². The quantitative estimate of drug-likeness (QED) is 0.601. The number of hydrogen-bond acceptors (Lipinski definition) is 5. The molecule has 26 heavy (non-hydrogen) atoms. The van der Waals surface area contributed by atoms with Gasteiger partial charge in [-0.2, -0.15) is 5.10 Å². The summed E-state index contributed by atoms with van der Waals surface area (Å²) in [5.41, 5.74) is 2.87. The van der Waals surface area contributed by atoms with E-state index >= 15 is 0 Å². The molecule has 1 aromatic carbocycles. The Morgan fingerprint density at radius 3 is 2.38 bits per heavy atom. The second kappa shape index (κ2) is 7.65. The molecule has 8 heteroatoms. The molecule has 0 unspecified atom stereocenters. The maximum Gasteiger partial charge on any atom is 0.309 e. The summed E-state index contributed by atoms with van der Waals surface area (Å²) in [4.78, 5) is 27.0. The van der Waals surface area contributed by atoms with Gasteiger partial charge in [0, 0.05) is 32.7 Å². The molecule has 1 aliphatic rings. The van der Waals surface area contributed by atoms with Crippen molar-refractivity contribution in [3.05, 3.63) is 57.4 Å². The van der Waals surface area contributed by atoms with Crippen molar-refractivity contribution < 1.29 is 9.72 Å². The third-order valence-electron chi connectivity index (χ3n) is 4.81. The fourth-order valence-corrected chi connectivity index (χ4v) is 3.11. The number of aromatic nitrogens is 2. The third-order valence-corrected chi connectivity index (χ3v) is 4.81. The van der Waals surface area contributed by atoms with Crippen molar-refractivity contribution in [1.29, 1.82) is 0 Å². The predicted octanol–water partition coefficient (Wildman–Crippen LogP) is 1.75. The normalized spacial score (nSPS) is 15.2. The van der Waals surface area contributed by atoms with E-state index in [4.69, 9.17) is 0 Å². The lowest BCUT2D eigenvalue weighted by molar-refractivity contribution is -0.385. The standard InChI is InChI=1S/C18H23N5O3/c1-14-3-5-16(6-4-14)12-20-7-9-21(10-8-20)18(24)13-22-15(2)17(11-19-22)23(25)26/h3-6,11H,7-10,12-13H2,1-2H3. The monoisotopic (exact) mass is 357 g/mol. The van der Waals surface area contributed by atoms with Crippen LogP contribution in [0.3, 0.4) is 0 Å². The Bertz CT molecular complexity index is 792. The maximum absolute atomic E-state index is 12.5. The molecular formula is C18H23N5O3. The van der Waals surface area contributed by atoms with E-state index < -0.39 is 4.92 Å². The van der Waals surface area contributed by atoms with E-state index in [1.165, 1.54) is 22.0 Å². The van der Waals surface area contributed by atoms with Gasteiger partial charge < -0.3 is 4.90 Å². The molecule has 0 bridgehead atoms.